The molecule has 27 heavy (non-hydrogen) atoms. The van der Waals surface area contributed by atoms with E-state index in [2.05, 4.69) is 117 Å². The third kappa shape index (κ3) is 3.61. The Labute approximate surface area is 162 Å². The third-order valence-electron chi connectivity index (χ3n) is 5.16. The van der Waals surface area contributed by atoms with Crippen molar-refractivity contribution in [2.45, 2.75) is 20.8 Å². The lowest BCUT2D eigenvalue weighted by Crippen LogP contribution is -2.47. The zero-order valence-electron chi connectivity index (χ0n) is 16.2. The van der Waals surface area contributed by atoms with Gasteiger partial charge in [-0.1, -0.05) is 94.9 Å². The number of anilines is 1. The molecule has 0 saturated heterocycles. The van der Waals surface area contributed by atoms with Gasteiger partial charge in [0.05, 0.1) is 0 Å². The van der Waals surface area contributed by atoms with Crippen LogP contribution in [0.4, 0.5) is 5.69 Å². The lowest BCUT2D eigenvalue weighted by molar-refractivity contribution is 1.35. The van der Waals surface area contributed by atoms with Crippen molar-refractivity contribution < 1.29 is 0 Å². The number of hydrogen-bond donors (Lipinski definition) is 0. The summed E-state index contributed by atoms with van der Waals surface area (Å²) in [6.07, 6.45) is 4.40. The Kier molecular flexibility index (Phi) is 4.72. The van der Waals surface area contributed by atoms with Crippen molar-refractivity contribution in [1.82, 2.24) is 0 Å². The van der Waals surface area contributed by atoms with Gasteiger partial charge in [0.25, 0.3) is 0 Å². The molecule has 3 aromatic carbocycles. The van der Waals surface area contributed by atoms with Crippen molar-refractivity contribution in [2.75, 3.05) is 4.81 Å². The van der Waals surface area contributed by atoms with Crippen LogP contribution in [0.5, 0.6) is 0 Å². The molecule has 0 aromatic heterocycles. The van der Waals surface area contributed by atoms with Gasteiger partial charge in [0.15, 0.2) is 0 Å². The van der Waals surface area contributed by atoms with E-state index in [1.54, 1.807) is 0 Å². The van der Waals surface area contributed by atoms with Crippen molar-refractivity contribution in [3.8, 4) is 0 Å². The summed E-state index contributed by atoms with van der Waals surface area (Å²) >= 11 is 0. The Bertz CT molecular complexity index is 980. The number of hydrogen-bond acceptors (Lipinski definition) is 1. The van der Waals surface area contributed by atoms with Gasteiger partial charge in [0.2, 0.25) is 0 Å². The summed E-state index contributed by atoms with van der Waals surface area (Å²) in [5.41, 5.74) is 8.82. The van der Waals surface area contributed by atoms with E-state index >= 15 is 0 Å². The molecule has 0 atom stereocenters. The van der Waals surface area contributed by atoms with E-state index in [-0.39, 0.29) is 6.85 Å². The van der Waals surface area contributed by atoms with Crippen LogP contribution in [0.2, 0.25) is 0 Å². The first-order valence-corrected chi connectivity index (χ1v) is 9.50. The Balaban J connectivity index is 1.83. The first kappa shape index (κ1) is 17.4. The van der Waals surface area contributed by atoms with E-state index in [1.807, 2.05) is 0 Å². The van der Waals surface area contributed by atoms with Crippen molar-refractivity contribution in [3.63, 3.8) is 0 Å². The highest BCUT2D eigenvalue weighted by Crippen LogP contribution is 2.30. The van der Waals surface area contributed by atoms with Crippen LogP contribution >= 0.6 is 0 Å². The second-order valence-electron chi connectivity index (χ2n) is 7.36. The molecule has 0 spiro atoms. The third-order valence-corrected chi connectivity index (χ3v) is 5.16. The molecular weight excluding hydrogens is 325 g/mol. The van der Waals surface area contributed by atoms with Crippen LogP contribution in [0.3, 0.4) is 0 Å². The molecule has 4 rings (SSSR count). The average molecular weight is 349 g/mol. The summed E-state index contributed by atoms with van der Waals surface area (Å²) in [6, 6.07) is 26.5. The molecule has 0 radical (unpaired) electrons. The summed E-state index contributed by atoms with van der Waals surface area (Å²) < 4.78 is 0. The van der Waals surface area contributed by atoms with Crippen molar-refractivity contribution in [2.24, 2.45) is 0 Å². The van der Waals surface area contributed by atoms with E-state index in [4.69, 9.17) is 0 Å². The van der Waals surface area contributed by atoms with Gasteiger partial charge >= 0.3 is 6.85 Å². The summed E-state index contributed by atoms with van der Waals surface area (Å²) in [6.45, 7) is 6.57. The maximum atomic E-state index is 2.44. The van der Waals surface area contributed by atoms with E-state index in [9.17, 15) is 0 Å². The first-order valence-electron chi connectivity index (χ1n) is 9.50. The Morgan fingerprint density at radius 1 is 0.630 bits per heavy atom. The fourth-order valence-electron chi connectivity index (χ4n) is 3.56. The Hall–Kier alpha value is -3.00. The zero-order chi connectivity index (χ0) is 18.8. The molecule has 0 amide bonds. The smallest absolute Gasteiger partial charge is 0.320 e. The molecule has 0 saturated carbocycles. The minimum absolute atomic E-state index is 0.176. The SMILES string of the molecule is Cc1ccc(B2C=CC=C(c3ccc(C)cc3)N2c2ccc(C)cc2)cc1. The molecule has 0 bridgehead atoms. The number of allylic oxidation sites excluding steroid dienone is 2. The predicted octanol–water partition coefficient (Wildman–Crippen LogP) is 5.47. The quantitative estimate of drug-likeness (QED) is 0.567. The number of benzene rings is 3. The molecule has 2 heteroatoms. The van der Waals surface area contributed by atoms with Crippen molar-refractivity contribution in [1.29, 1.82) is 0 Å². The normalized spacial score (nSPS) is 13.7. The van der Waals surface area contributed by atoms with Gasteiger partial charge in [-0.25, -0.2) is 0 Å². The van der Waals surface area contributed by atoms with Gasteiger partial charge in [-0.05, 0) is 44.5 Å². The maximum Gasteiger partial charge on any atom is 0.320 e. The van der Waals surface area contributed by atoms with Crippen LogP contribution < -0.4 is 10.3 Å². The Morgan fingerprint density at radius 2 is 1.15 bits per heavy atom. The predicted molar refractivity (Wildman–Crippen MR) is 119 cm³/mol. The summed E-state index contributed by atoms with van der Waals surface area (Å²) in [5, 5.41) is 0. The molecular formula is C25H24BN. The minimum Gasteiger partial charge on any atom is -0.377 e. The molecule has 132 valence electrons. The molecule has 0 unspecified atom stereocenters. The highest BCUT2D eigenvalue weighted by Gasteiger charge is 2.29. The fraction of sp³-hybridized carbons (Fsp3) is 0.120. The van der Waals surface area contributed by atoms with Crippen molar-refractivity contribution in [3.05, 3.63) is 113 Å². The van der Waals surface area contributed by atoms with Gasteiger partial charge < -0.3 is 4.81 Å². The molecule has 0 aliphatic carbocycles. The zero-order valence-corrected chi connectivity index (χ0v) is 16.2. The van der Waals surface area contributed by atoms with Gasteiger partial charge in [-0.3, -0.25) is 0 Å². The van der Waals surface area contributed by atoms with Crippen LogP contribution in [-0.2, 0) is 0 Å². The number of aryl methyl sites for hydroxylation is 3. The molecule has 3 aromatic rings. The lowest BCUT2D eigenvalue weighted by atomic mass is 9.52. The van der Waals surface area contributed by atoms with Gasteiger partial charge in [0, 0.05) is 11.4 Å². The molecule has 1 aliphatic rings. The number of nitrogens with zero attached hydrogens (tertiary/aromatic N) is 1. The van der Waals surface area contributed by atoms with E-state index in [0.717, 1.165) is 0 Å². The average Bonchev–Trinajstić information content (AvgIpc) is 2.69. The van der Waals surface area contributed by atoms with E-state index < -0.39 is 0 Å². The highest BCUT2D eigenvalue weighted by atomic mass is 15.1. The largest absolute Gasteiger partial charge is 0.377 e. The number of rotatable bonds is 3. The van der Waals surface area contributed by atoms with E-state index in [1.165, 1.54) is 39.1 Å². The van der Waals surface area contributed by atoms with Crippen LogP contribution in [-0.4, -0.2) is 6.85 Å². The second-order valence-corrected chi connectivity index (χ2v) is 7.36. The topological polar surface area (TPSA) is 3.24 Å². The fourth-order valence-corrected chi connectivity index (χ4v) is 3.56. The van der Waals surface area contributed by atoms with E-state index in [0.29, 0.717) is 0 Å². The Morgan fingerprint density at radius 3 is 1.74 bits per heavy atom. The second kappa shape index (κ2) is 7.32. The summed E-state index contributed by atoms with van der Waals surface area (Å²) in [5.74, 6) is 2.28. The van der Waals surface area contributed by atoms with Crippen LogP contribution in [0.25, 0.3) is 5.70 Å². The van der Waals surface area contributed by atoms with Gasteiger partial charge in [0.1, 0.15) is 0 Å². The van der Waals surface area contributed by atoms with Crippen molar-refractivity contribution >= 4 is 23.7 Å². The first-order chi connectivity index (χ1) is 13.1. The van der Waals surface area contributed by atoms with Gasteiger partial charge in [-0.2, -0.15) is 0 Å². The molecule has 0 N–H and O–H groups in total. The molecule has 0 fully saturated rings. The van der Waals surface area contributed by atoms with Gasteiger partial charge in [-0.15, -0.1) is 0 Å². The standard InChI is InChI=1S/C25H24BN/c1-19-6-12-22(13-7-19)25-5-4-18-26(23-14-8-20(2)9-15-23)27(25)24-16-10-21(3)11-17-24/h4-18H,1-3H3. The summed E-state index contributed by atoms with van der Waals surface area (Å²) in [7, 11) is 0. The minimum atomic E-state index is 0.176. The summed E-state index contributed by atoms with van der Waals surface area (Å²) in [4.78, 5) is 2.44. The lowest BCUT2D eigenvalue weighted by Gasteiger charge is -2.35. The highest BCUT2D eigenvalue weighted by molar-refractivity contribution is 6.83. The maximum absolute atomic E-state index is 2.44. The van der Waals surface area contributed by atoms with Crippen LogP contribution in [0.15, 0.2) is 90.9 Å². The monoisotopic (exact) mass is 349 g/mol. The van der Waals surface area contributed by atoms with Crippen LogP contribution in [0.1, 0.15) is 22.3 Å². The molecule has 1 nitrogen and oxygen atoms in total. The molecule has 1 heterocycles. The van der Waals surface area contributed by atoms with Crippen LogP contribution in [0, 0.1) is 20.8 Å². The molecule has 1 aliphatic heterocycles.